The molecule has 4 heteroatoms. The van der Waals surface area contributed by atoms with Crippen LogP contribution in [0.25, 0.3) is 0 Å². The maximum Gasteiger partial charge on any atom is 0.339 e. The van der Waals surface area contributed by atoms with Crippen molar-refractivity contribution in [1.29, 1.82) is 0 Å². The van der Waals surface area contributed by atoms with Crippen LogP contribution in [0, 0.1) is 0 Å². The van der Waals surface area contributed by atoms with Crippen molar-refractivity contribution in [3.8, 4) is 0 Å². The fourth-order valence-corrected chi connectivity index (χ4v) is 1.47. The number of rotatable bonds is 3. The van der Waals surface area contributed by atoms with Crippen LogP contribution in [0.5, 0.6) is 0 Å². The van der Waals surface area contributed by atoms with Crippen molar-refractivity contribution in [3.05, 3.63) is 21.9 Å². The van der Waals surface area contributed by atoms with E-state index in [0.29, 0.717) is 23.3 Å². The van der Waals surface area contributed by atoms with E-state index in [2.05, 4.69) is 0 Å². The molecule has 64 valence electrons. The van der Waals surface area contributed by atoms with Gasteiger partial charge in [0.1, 0.15) is 0 Å². The summed E-state index contributed by atoms with van der Waals surface area (Å²) in [6, 6.07) is 1.59. The largest absolute Gasteiger partial charge is 0.462 e. The zero-order valence-corrected chi connectivity index (χ0v) is 7.39. The molecule has 0 aliphatic heterocycles. The van der Waals surface area contributed by atoms with Crippen molar-refractivity contribution < 1.29 is 14.3 Å². The van der Waals surface area contributed by atoms with Gasteiger partial charge in [0.15, 0.2) is 6.29 Å². The molecule has 0 unspecified atom stereocenters. The molecule has 0 fully saturated rings. The highest BCUT2D eigenvalue weighted by molar-refractivity contribution is 7.12. The lowest BCUT2D eigenvalue weighted by molar-refractivity contribution is 0.0525. The fraction of sp³-hybridized carbons (Fsp3) is 0.250. The Morgan fingerprint density at radius 1 is 1.75 bits per heavy atom. The van der Waals surface area contributed by atoms with Crippen molar-refractivity contribution in [3.63, 3.8) is 0 Å². The number of carbonyl (C=O) groups is 2. The van der Waals surface area contributed by atoms with E-state index in [1.165, 1.54) is 11.3 Å². The minimum absolute atomic E-state index is 0.326. The molecule has 0 spiro atoms. The Morgan fingerprint density at radius 3 is 3.08 bits per heavy atom. The van der Waals surface area contributed by atoms with Gasteiger partial charge in [0.2, 0.25) is 0 Å². The Morgan fingerprint density at radius 2 is 2.50 bits per heavy atom. The lowest BCUT2D eigenvalue weighted by Gasteiger charge is -1.98. The van der Waals surface area contributed by atoms with Crippen LogP contribution < -0.4 is 0 Å². The van der Waals surface area contributed by atoms with E-state index in [9.17, 15) is 9.59 Å². The molecule has 1 rings (SSSR count). The molecular formula is C8H8O3S. The van der Waals surface area contributed by atoms with Crippen LogP contribution >= 0.6 is 11.3 Å². The molecule has 0 atom stereocenters. The molecule has 0 bridgehead atoms. The van der Waals surface area contributed by atoms with E-state index in [4.69, 9.17) is 4.74 Å². The second kappa shape index (κ2) is 4.01. The molecule has 12 heavy (non-hydrogen) atoms. The van der Waals surface area contributed by atoms with Gasteiger partial charge in [-0.05, 0) is 18.4 Å². The third-order valence-electron chi connectivity index (χ3n) is 1.30. The third kappa shape index (κ3) is 1.71. The SMILES string of the molecule is CCOC(=O)c1ccsc1C=O. The zero-order chi connectivity index (χ0) is 8.97. The lowest BCUT2D eigenvalue weighted by Crippen LogP contribution is -2.05. The van der Waals surface area contributed by atoms with Crippen LogP contribution in [-0.4, -0.2) is 18.9 Å². The molecule has 0 aromatic carbocycles. The van der Waals surface area contributed by atoms with E-state index in [0.717, 1.165) is 0 Å². The molecule has 1 aromatic heterocycles. The number of ether oxygens (including phenoxy) is 1. The topological polar surface area (TPSA) is 43.4 Å². The Bertz CT molecular complexity index is 290. The first-order valence-electron chi connectivity index (χ1n) is 3.49. The predicted molar refractivity (Wildman–Crippen MR) is 45.7 cm³/mol. The van der Waals surface area contributed by atoms with Gasteiger partial charge < -0.3 is 4.74 Å². The highest BCUT2D eigenvalue weighted by atomic mass is 32.1. The number of hydrogen-bond acceptors (Lipinski definition) is 4. The second-order valence-corrected chi connectivity index (χ2v) is 2.98. The van der Waals surface area contributed by atoms with Crippen LogP contribution in [0.4, 0.5) is 0 Å². The number of esters is 1. The molecule has 0 N–H and O–H groups in total. The number of aldehydes is 1. The molecular weight excluding hydrogens is 176 g/mol. The first-order chi connectivity index (χ1) is 5.79. The average molecular weight is 184 g/mol. The molecule has 0 saturated heterocycles. The Balaban J connectivity index is 2.86. The molecule has 1 heterocycles. The van der Waals surface area contributed by atoms with Crippen molar-refractivity contribution in [2.24, 2.45) is 0 Å². The van der Waals surface area contributed by atoms with Crippen molar-refractivity contribution in [1.82, 2.24) is 0 Å². The lowest BCUT2D eigenvalue weighted by atomic mass is 10.3. The minimum Gasteiger partial charge on any atom is -0.462 e. The summed E-state index contributed by atoms with van der Waals surface area (Å²) in [4.78, 5) is 21.9. The van der Waals surface area contributed by atoms with Crippen molar-refractivity contribution in [2.45, 2.75) is 6.92 Å². The third-order valence-corrected chi connectivity index (χ3v) is 2.14. The first-order valence-corrected chi connectivity index (χ1v) is 4.37. The van der Waals surface area contributed by atoms with Gasteiger partial charge in [0, 0.05) is 0 Å². The zero-order valence-electron chi connectivity index (χ0n) is 6.57. The summed E-state index contributed by atoms with van der Waals surface area (Å²) in [6.45, 7) is 2.05. The van der Waals surface area contributed by atoms with Crippen molar-refractivity contribution >= 4 is 23.6 Å². The molecule has 3 nitrogen and oxygen atoms in total. The Labute approximate surface area is 74.0 Å². The predicted octanol–water partition coefficient (Wildman–Crippen LogP) is 1.74. The van der Waals surface area contributed by atoms with Crippen molar-refractivity contribution in [2.75, 3.05) is 6.61 Å². The number of carbonyl (C=O) groups excluding carboxylic acids is 2. The summed E-state index contributed by atoms with van der Waals surface area (Å²) >= 11 is 1.23. The van der Waals surface area contributed by atoms with Gasteiger partial charge in [0.25, 0.3) is 0 Å². The minimum atomic E-state index is -0.430. The van der Waals surface area contributed by atoms with E-state index < -0.39 is 5.97 Å². The summed E-state index contributed by atoms with van der Waals surface area (Å²) in [6.07, 6.45) is 0.664. The van der Waals surface area contributed by atoms with E-state index in [1.54, 1.807) is 18.4 Å². The van der Waals surface area contributed by atoms with Crippen LogP contribution in [0.2, 0.25) is 0 Å². The van der Waals surface area contributed by atoms with Gasteiger partial charge in [-0.25, -0.2) is 4.79 Å². The average Bonchev–Trinajstić information content (AvgIpc) is 2.51. The second-order valence-electron chi connectivity index (χ2n) is 2.04. The van der Waals surface area contributed by atoms with E-state index in [1.807, 2.05) is 0 Å². The summed E-state index contributed by atoms with van der Waals surface area (Å²) in [5, 5.41) is 1.69. The van der Waals surface area contributed by atoms with Gasteiger partial charge in [-0.2, -0.15) is 0 Å². The number of hydrogen-bond donors (Lipinski definition) is 0. The molecule has 0 radical (unpaired) electrons. The number of thiophene rings is 1. The molecule has 0 saturated carbocycles. The van der Waals surface area contributed by atoms with E-state index >= 15 is 0 Å². The highest BCUT2D eigenvalue weighted by Gasteiger charge is 2.12. The van der Waals surface area contributed by atoms with Crippen LogP contribution in [0.1, 0.15) is 27.0 Å². The molecule has 0 aliphatic rings. The monoisotopic (exact) mass is 184 g/mol. The quantitative estimate of drug-likeness (QED) is 0.530. The summed E-state index contributed by atoms with van der Waals surface area (Å²) in [7, 11) is 0. The van der Waals surface area contributed by atoms with Gasteiger partial charge in [-0.1, -0.05) is 0 Å². The summed E-state index contributed by atoms with van der Waals surface area (Å²) in [5.41, 5.74) is 0.358. The Kier molecular flexibility index (Phi) is 2.99. The standard InChI is InChI=1S/C8H8O3S/c1-2-11-8(10)6-3-4-12-7(6)5-9/h3-5H,2H2,1H3. The highest BCUT2D eigenvalue weighted by Crippen LogP contribution is 2.15. The maximum atomic E-state index is 11.1. The fourth-order valence-electron chi connectivity index (χ4n) is 0.790. The van der Waals surface area contributed by atoms with Gasteiger partial charge >= 0.3 is 5.97 Å². The summed E-state index contributed by atoms with van der Waals surface area (Å²) in [5.74, 6) is -0.430. The van der Waals surface area contributed by atoms with Crippen LogP contribution in [-0.2, 0) is 4.74 Å². The van der Waals surface area contributed by atoms with Crippen LogP contribution in [0.15, 0.2) is 11.4 Å². The van der Waals surface area contributed by atoms with Gasteiger partial charge in [0.05, 0.1) is 17.0 Å². The molecule has 0 aliphatic carbocycles. The summed E-state index contributed by atoms with van der Waals surface area (Å²) < 4.78 is 4.74. The van der Waals surface area contributed by atoms with Gasteiger partial charge in [-0.15, -0.1) is 11.3 Å². The molecule has 1 aromatic rings. The maximum absolute atomic E-state index is 11.1. The Hall–Kier alpha value is -1.16. The first kappa shape index (κ1) is 8.93. The van der Waals surface area contributed by atoms with Gasteiger partial charge in [-0.3, -0.25) is 4.79 Å². The van der Waals surface area contributed by atoms with E-state index in [-0.39, 0.29) is 0 Å². The van der Waals surface area contributed by atoms with Crippen LogP contribution in [0.3, 0.4) is 0 Å². The normalized spacial score (nSPS) is 9.42. The smallest absolute Gasteiger partial charge is 0.339 e. The molecule has 0 amide bonds.